The normalized spacial score (nSPS) is 36.8. The van der Waals surface area contributed by atoms with Gasteiger partial charge in [0.05, 0.1) is 0 Å². The molecule has 0 spiro atoms. The van der Waals surface area contributed by atoms with Crippen molar-refractivity contribution in [3.63, 3.8) is 0 Å². The molecule has 1 saturated carbocycles. The van der Waals surface area contributed by atoms with E-state index < -0.39 is 0 Å². The fraction of sp³-hybridized carbons (Fsp3) is 1.00. The number of rotatable bonds is 2. The third-order valence-corrected chi connectivity index (χ3v) is 2.04. The van der Waals surface area contributed by atoms with Gasteiger partial charge in [0.15, 0.2) is 0 Å². The van der Waals surface area contributed by atoms with Gasteiger partial charge in [-0.2, -0.15) is 0 Å². The predicted molar refractivity (Wildman–Crippen MR) is 30.4 cm³/mol. The van der Waals surface area contributed by atoms with Crippen molar-refractivity contribution in [2.75, 3.05) is 13.2 Å². The molecule has 0 amide bonds. The van der Waals surface area contributed by atoms with E-state index in [1.165, 1.54) is 0 Å². The molecule has 0 aliphatic heterocycles. The fourth-order valence-electron chi connectivity index (χ4n) is 1.12. The first-order valence-electron chi connectivity index (χ1n) is 3.10. The van der Waals surface area contributed by atoms with Crippen molar-refractivity contribution in [3.05, 3.63) is 0 Å². The van der Waals surface area contributed by atoms with Gasteiger partial charge in [-0.15, -0.1) is 0 Å². The molecule has 2 N–H and O–H groups in total. The van der Waals surface area contributed by atoms with Crippen LogP contribution in [-0.4, -0.2) is 23.4 Å². The Morgan fingerprint density at radius 3 is 1.50 bits per heavy atom. The van der Waals surface area contributed by atoms with Crippen molar-refractivity contribution in [1.82, 2.24) is 0 Å². The topological polar surface area (TPSA) is 40.5 Å². The second-order valence-corrected chi connectivity index (χ2v) is 2.46. The maximum atomic E-state index is 8.58. The summed E-state index contributed by atoms with van der Waals surface area (Å²) in [7, 11) is 0. The van der Waals surface area contributed by atoms with Crippen LogP contribution in [-0.2, 0) is 0 Å². The highest BCUT2D eigenvalue weighted by Crippen LogP contribution is 2.32. The molecule has 48 valence electrons. The van der Waals surface area contributed by atoms with Gasteiger partial charge in [-0.05, 0) is 24.7 Å². The lowest BCUT2D eigenvalue weighted by atomic mass is 9.75. The molecule has 0 saturated heterocycles. The van der Waals surface area contributed by atoms with Crippen LogP contribution < -0.4 is 0 Å². The predicted octanol–water partition coefficient (Wildman–Crippen LogP) is -0.00280. The molecule has 2 atom stereocenters. The Morgan fingerprint density at radius 2 is 1.38 bits per heavy atom. The molecule has 2 nitrogen and oxygen atoms in total. The highest BCUT2D eigenvalue weighted by Gasteiger charge is 2.28. The van der Waals surface area contributed by atoms with Crippen LogP contribution in [0.3, 0.4) is 0 Å². The largest absolute Gasteiger partial charge is 0.396 e. The second kappa shape index (κ2) is 2.46. The third-order valence-electron chi connectivity index (χ3n) is 2.04. The number of aliphatic hydroxyl groups excluding tert-OH is 2. The van der Waals surface area contributed by atoms with Gasteiger partial charge in [-0.25, -0.2) is 0 Å². The van der Waals surface area contributed by atoms with E-state index in [4.69, 9.17) is 10.2 Å². The van der Waals surface area contributed by atoms with E-state index in [1.807, 2.05) is 0 Å². The van der Waals surface area contributed by atoms with Gasteiger partial charge in [-0.3, -0.25) is 0 Å². The fourth-order valence-corrected chi connectivity index (χ4v) is 1.12. The Labute approximate surface area is 49.1 Å². The average molecular weight is 116 g/mol. The van der Waals surface area contributed by atoms with E-state index in [2.05, 4.69) is 0 Å². The molecule has 0 bridgehead atoms. The van der Waals surface area contributed by atoms with Crippen molar-refractivity contribution in [3.8, 4) is 0 Å². The molecule has 1 unspecified atom stereocenters. The summed E-state index contributed by atoms with van der Waals surface area (Å²) in [6.07, 6.45) is 2.20. The zero-order valence-corrected chi connectivity index (χ0v) is 4.88. The standard InChI is InChI=1S/C6H12O2/c7-3-5-1-2-6(5)4-8/h5-8H,1-4H2/t5-,6?/m1/s1. The maximum Gasteiger partial charge on any atom is 0.0462 e. The molecule has 0 heterocycles. The summed E-state index contributed by atoms with van der Waals surface area (Å²) in [6.45, 7) is 0.510. The molecular formula is C6H12O2. The third kappa shape index (κ3) is 0.858. The van der Waals surface area contributed by atoms with E-state index in [-0.39, 0.29) is 13.2 Å². The quantitative estimate of drug-likeness (QED) is 0.533. The first kappa shape index (κ1) is 6.05. The Kier molecular flexibility index (Phi) is 1.86. The van der Waals surface area contributed by atoms with Crippen LogP contribution in [0.5, 0.6) is 0 Å². The highest BCUT2D eigenvalue weighted by molar-refractivity contribution is 4.78. The van der Waals surface area contributed by atoms with Crippen molar-refractivity contribution >= 4 is 0 Å². The summed E-state index contributed by atoms with van der Waals surface area (Å²) < 4.78 is 0. The molecule has 1 aliphatic rings. The first-order valence-corrected chi connectivity index (χ1v) is 3.10. The SMILES string of the molecule is OCC1CC[C@@H]1CO. The highest BCUT2D eigenvalue weighted by atomic mass is 16.3. The summed E-state index contributed by atoms with van der Waals surface area (Å²) in [5.41, 5.74) is 0. The average Bonchev–Trinajstić information content (AvgIpc) is 1.66. The zero-order chi connectivity index (χ0) is 5.98. The molecule has 1 fully saturated rings. The lowest BCUT2D eigenvalue weighted by Crippen LogP contribution is -2.31. The molecule has 2 heteroatoms. The number of hydrogen-bond acceptors (Lipinski definition) is 2. The van der Waals surface area contributed by atoms with Crippen LogP contribution in [0.1, 0.15) is 12.8 Å². The van der Waals surface area contributed by atoms with E-state index in [0.717, 1.165) is 12.8 Å². The van der Waals surface area contributed by atoms with E-state index in [0.29, 0.717) is 11.8 Å². The van der Waals surface area contributed by atoms with Gasteiger partial charge < -0.3 is 10.2 Å². The summed E-state index contributed by atoms with van der Waals surface area (Å²) in [5.74, 6) is 0.806. The number of aliphatic hydroxyl groups is 2. The van der Waals surface area contributed by atoms with Gasteiger partial charge in [0.1, 0.15) is 0 Å². The lowest BCUT2D eigenvalue weighted by molar-refractivity contribution is 0.0459. The van der Waals surface area contributed by atoms with Crippen LogP contribution in [0.2, 0.25) is 0 Å². The summed E-state index contributed by atoms with van der Waals surface area (Å²) in [4.78, 5) is 0. The van der Waals surface area contributed by atoms with E-state index >= 15 is 0 Å². The monoisotopic (exact) mass is 116 g/mol. The van der Waals surface area contributed by atoms with Crippen LogP contribution in [0, 0.1) is 11.8 Å². The Hall–Kier alpha value is -0.0800. The summed E-state index contributed by atoms with van der Waals surface area (Å²) in [5, 5.41) is 17.2. The Balaban J connectivity index is 2.16. The van der Waals surface area contributed by atoms with Crippen LogP contribution in [0.25, 0.3) is 0 Å². The van der Waals surface area contributed by atoms with E-state index in [1.54, 1.807) is 0 Å². The van der Waals surface area contributed by atoms with Crippen LogP contribution >= 0.6 is 0 Å². The second-order valence-electron chi connectivity index (χ2n) is 2.46. The van der Waals surface area contributed by atoms with Crippen molar-refractivity contribution in [2.24, 2.45) is 11.8 Å². The molecule has 1 aliphatic carbocycles. The van der Waals surface area contributed by atoms with Crippen molar-refractivity contribution in [2.45, 2.75) is 12.8 Å². The van der Waals surface area contributed by atoms with Crippen LogP contribution in [0.15, 0.2) is 0 Å². The molecule has 0 aromatic heterocycles. The Morgan fingerprint density at radius 1 is 1.00 bits per heavy atom. The molecule has 0 radical (unpaired) electrons. The maximum absolute atomic E-state index is 8.58. The molecule has 0 aromatic carbocycles. The van der Waals surface area contributed by atoms with Gasteiger partial charge >= 0.3 is 0 Å². The molecule has 1 rings (SSSR count). The molecule has 8 heavy (non-hydrogen) atoms. The van der Waals surface area contributed by atoms with Gasteiger partial charge in [0.2, 0.25) is 0 Å². The lowest BCUT2D eigenvalue weighted by Gasteiger charge is -2.33. The smallest absolute Gasteiger partial charge is 0.0462 e. The Bertz CT molecular complexity index is 58.9. The van der Waals surface area contributed by atoms with E-state index in [9.17, 15) is 0 Å². The first-order chi connectivity index (χ1) is 3.88. The van der Waals surface area contributed by atoms with Crippen LogP contribution in [0.4, 0.5) is 0 Å². The van der Waals surface area contributed by atoms with Gasteiger partial charge in [0, 0.05) is 13.2 Å². The van der Waals surface area contributed by atoms with Crippen molar-refractivity contribution < 1.29 is 10.2 Å². The summed E-state index contributed by atoms with van der Waals surface area (Å²) >= 11 is 0. The molecule has 0 aromatic rings. The summed E-state index contributed by atoms with van der Waals surface area (Å²) in [6, 6.07) is 0. The van der Waals surface area contributed by atoms with Gasteiger partial charge in [-0.1, -0.05) is 0 Å². The molecular weight excluding hydrogens is 104 g/mol. The minimum absolute atomic E-state index is 0.255. The van der Waals surface area contributed by atoms with Gasteiger partial charge in [0.25, 0.3) is 0 Å². The minimum atomic E-state index is 0.255. The number of hydrogen-bond donors (Lipinski definition) is 2. The van der Waals surface area contributed by atoms with Crippen molar-refractivity contribution in [1.29, 1.82) is 0 Å². The minimum Gasteiger partial charge on any atom is -0.396 e. The zero-order valence-electron chi connectivity index (χ0n) is 4.88.